The number of nitrogens with zero attached hydrogens (tertiary/aromatic N) is 1. The molecule has 2 aromatic rings. The SMILES string of the molecule is COc1ccc(C2C(C)C(=O)C(C)C(c3ccc(OC)cc3)N2O)cc1. The molecular weight excluding hydrogens is 330 g/mol. The van der Waals surface area contributed by atoms with Gasteiger partial charge in [-0.05, 0) is 35.4 Å². The normalized spacial score (nSPS) is 26.6. The molecule has 138 valence electrons. The standard InChI is InChI=1S/C21H25NO4/c1-13-19(15-5-9-17(25-3)10-6-15)22(24)20(14(2)21(13)23)16-7-11-18(26-4)12-8-16/h5-14,19-20,24H,1-4H3. The molecule has 0 aromatic heterocycles. The average Bonchev–Trinajstić information content (AvgIpc) is 2.67. The van der Waals surface area contributed by atoms with Crippen LogP contribution in [0.2, 0.25) is 0 Å². The minimum Gasteiger partial charge on any atom is -0.497 e. The van der Waals surface area contributed by atoms with E-state index in [-0.39, 0.29) is 17.6 Å². The summed E-state index contributed by atoms with van der Waals surface area (Å²) < 4.78 is 10.4. The quantitative estimate of drug-likeness (QED) is 0.897. The van der Waals surface area contributed by atoms with Gasteiger partial charge in [-0.1, -0.05) is 38.1 Å². The molecule has 4 atom stereocenters. The van der Waals surface area contributed by atoms with E-state index in [9.17, 15) is 10.0 Å². The molecule has 3 rings (SSSR count). The summed E-state index contributed by atoms with van der Waals surface area (Å²) in [7, 11) is 3.23. The minimum absolute atomic E-state index is 0.150. The number of hydroxylamine groups is 2. The number of ketones is 1. The van der Waals surface area contributed by atoms with E-state index in [0.717, 1.165) is 22.6 Å². The van der Waals surface area contributed by atoms with Crippen LogP contribution in [0.25, 0.3) is 0 Å². The van der Waals surface area contributed by atoms with Crippen molar-refractivity contribution in [1.29, 1.82) is 0 Å². The molecule has 1 heterocycles. The Balaban J connectivity index is 1.97. The summed E-state index contributed by atoms with van der Waals surface area (Å²) >= 11 is 0. The lowest BCUT2D eigenvalue weighted by Crippen LogP contribution is -2.47. The summed E-state index contributed by atoms with van der Waals surface area (Å²) in [5, 5.41) is 12.4. The number of hydrogen-bond donors (Lipinski definition) is 1. The molecule has 4 unspecified atom stereocenters. The number of hydrogen-bond acceptors (Lipinski definition) is 5. The highest BCUT2D eigenvalue weighted by atomic mass is 16.5. The number of benzene rings is 2. The van der Waals surface area contributed by atoms with Crippen LogP contribution >= 0.6 is 0 Å². The minimum atomic E-state index is -0.406. The van der Waals surface area contributed by atoms with Gasteiger partial charge in [0.25, 0.3) is 0 Å². The molecule has 0 amide bonds. The third-order valence-electron chi connectivity index (χ3n) is 5.33. The first-order valence-corrected chi connectivity index (χ1v) is 8.76. The topological polar surface area (TPSA) is 59.0 Å². The summed E-state index contributed by atoms with van der Waals surface area (Å²) in [6.07, 6.45) is 0. The molecule has 1 aliphatic heterocycles. The van der Waals surface area contributed by atoms with Crippen molar-refractivity contribution in [2.24, 2.45) is 11.8 Å². The molecule has 0 spiro atoms. The fraction of sp³-hybridized carbons (Fsp3) is 0.381. The molecule has 0 radical (unpaired) electrons. The van der Waals surface area contributed by atoms with Crippen molar-refractivity contribution in [2.45, 2.75) is 25.9 Å². The number of ether oxygens (including phenoxy) is 2. The lowest BCUT2D eigenvalue weighted by atomic mass is 9.76. The summed E-state index contributed by atoms with van der Waals surface area (Å²) in [6, 6.07) is 14.2. The van der Waals surface area contributed by atoms with Crippen LogP contribution in [0.4, 0.5) is 0 Å². The van der Waals surface area contributed by atoms with Gasteiger partial charge in [0.05, 0.1) is 26.3 Å². The lowest BCUT2D eigenvalue weighted by Gasteiger charge is -2.44. The molecular formula is C21H25NO4. The van der Waals surface area contributed by atoms with Crippen molar-refractivity contribution in [2.75, 3.05) is 14.2 Å². The monoisotopic (exact) mass is 355 g/mol. The van der Waals surface area contributed by atoms with Crippen LogP contribution in [0.5, 0.6) is 11.5 Å². The largest absolute Gasteiger partial charge is 0.497 e. The molecule has 1 aliphatic rings. The van der Waals surface area contributed by atoms with E-state index in [1.165, 1.54) is 5.06 Å². The van der Waals surface area contributed by atoms with Gasteiger partial charge in [0.2, 0.25) is 0 Å². The van der Waals surface area contributed by atoms with Gasteiger partial charge in [-0.25, -0.2) is 0 Å². The Morgan fingerprint density at radius 2 is 1.12 bits per heavy atom. The van der Waals surface area contributed by atoms with Crippen LogP contribution in [0.1, 0.15) is 37.1 Å². The Bertz CT molecular complexity index is 693. The molecule has 0 bridgehead atoms. The Hall–Kier alpha value is -2.37. The fourth-order valence-corrected chi connectivity index (χ4v) is 3.84. The van der Waals surface area contributed by atoms with Gasteiger partial charge in [-0.2, -0.15) is 5.06 Å². The maximum absolute atomic E-state index is 12.9. The molecule has 0 saturated carbocycles. The van der Waals surface area contributed by atoms with Crippen molar-refractivity contribution in [3.05, 3.63) is 59.7 Å². The van der Waals surface area contributed by atoms with Crippen LogP contribution in [-0.4, -0.2) is 30.3 Å². The zero-order valence-electron chi connectivity index (χ0n) is 15.5. The Morgan fingerprint density at radius 1 is 0.769 bits per heavy atom. The van der Waals surface area contributed by atoms with Gasteiger partial charge < -0.3 is 14.7 Å². The predicted molar refractivity (Wildman–Crippen MR) is 98.4 cm³/mol. The Morgan fingerprint density at radius 3 is 1.42 bits per heavy atom. The highest BCUT2D eigenvalue weighted by Crippen LogP contribution is 2.45. The predicted octanol–water partition coefficient (Wildman–Crippen LogP) is 4.03. The highest BCUT2D eigenvalue weighted by Gasteiger charge is 2.45. The fourth-order valence-electron chi connectivity index (χ4n) is 3.84. The van der Waals surface area contributed by atoms with Gasteiger partial charge >= 0.3 is 0 Å². The highest BCUT2D eigenvalue weighted by molar-refractivity contribution is 5.85. The van der Waals surface area contributed by atoms with Gasteiger partial charge in [0, 0.05) is 11.8 Å². The van der Waals surface area contributed by atoms with Crippen LogP contribution in [0, 0.1) is 11.8 Å². The molecule has 0 aliphatic carbocycles. The van der Waals surface area contributed by atoms with E-state index in [4.69, 9.17) is 9.47 Å². The van der Waals surface area contributed by atoms with Crippen molar-refractivity contribution in [1.82, 2.24) is 5.06 Å². The molecule has 5 nitrogen and oxygen atoms in total. The van der Waals surface area contributed by atoms with Crippen molar-refractivity contribution in [3.63, 3.8) is 0 Å². The lowest BCUT2D eigenvalue weighted by molar-refractivity contribution is -0.209. The average molecular weight is 355 g/mol. The first kappa shape index (κ1) is 18.4. The first-order chi connectivity index (χ1) is 12.5. The molecule has 5 heteroatoms. The van der Waals surface area contributed by atoms with Crippen LogP contribution < -0.4 is 9.47 Å². The van der Waals surface area contributed by atoms with Gasteiger partial charge in [-0.3, -0.25) is 4.79 Å². The van der Waals surface area contributed by atoms with Gasteiger partial charge in [0.15, 0.2) is 0 Å². The summed E-state index contributed by atoms with van der Waals surface area (Å²) in [5.41, 5.74) is 1.78. The number of carbonyl (C=O) groups is 1. The first-order valence-electron chi connectivity index (χ1n) is 8.76. The Kier molecular flexibility index (Phi) is 5.30. The number of carbonyl (C=O) groups excluding carboxylic acids is 1. The zero-order chi connectivity index (χ0) is 18.8. The summed E-state index contributed by atoms with van der Waals surface area (Å²) in [5.74, 6) is 1.02. The Labute approximate surface area is 154 Å². The van der Waals surface area contributed by atoms with E-state index in [0.29, 0.717) is 0 Å². The second-order valence-corrected chi connectivity index (χ2v) is 6.80. The second kappa shape index (κ2) is 7.48. The van der Waals surface area contributed by atoms with Crippen molar-refractivity contribution < 1.29 is 19.5 Å². The maximum atomic E-state index is 12.9. The molecule has 1 fully saturated rings. The smallest absolute Gasteiger partial charge is 0.142 e. The maximum Gasteiger partial charge on any atom is 0.142 e. The number of piperidine rings is 1. The van der Waals surface area contributed by atoms with E-state index in [1.807, 2.05) is 62.4 Å². The summed E-state index contributed by atoms with van der Waals surface area (Å²) in [4.78, 5) is 12.9. The van der Waals surface area contributed by atoms with Crippen LogP contribution in [0.3, 0.4) is 0 Å². The molecule has 26 heavy (non-hydrogen) atoms. The van der Waals surface area contributed by atoms with Gasteiger partial charge in [-0.15, -0.1) is 0 Å². The zero-order valence-corrected chi connectivity index (χ0v) is 15.5. The van der Waals surface area contributed by atoms with Crippen LogP contribution in [-0.2, 0) is 4.79 Å². The van der Waals surface area contributed by atoms with E-state index < -0.39 is 12.1 Å². The second-order valence-electron chi connectivity index (χ2n) is 6.80. The van der Waals surface area contributed by atoms with Crippen molar-refractivity contribution in [3.8, 4) is 11.5 Å². The molecule has 2 aromatic carbocycles. The van der Waals surface area contributed by atoms with Gasteiger partial charge in [0.1, 0.15) is 17.3 Å². The number of Topliss-reactive ketones (excluding diaryl/α,β-unsaturated/α-hetero) is 1. The van der Waals surface area contributed by atoms with Crippen molar-refractivity contribution >= 4 is 5.78 Å². The van der Waals surface area contributed by atoms with Crippen LogP contribution in [0.15, 0.2) is 48.5 Å². The van der Waals surface area contributed by atoms with E-state index in [2.05, 4.69) is 0 Å². The molecule has 1 saturated heterocycles. The molecule has 1 N–H and O–H groups in total. The van der Waals surface area contributed by atoms with E-state index in [1.54, 1.807) is 14.2 Å². The number of methoxy groups -OCH3 is 2. The third kappa shape index (κ3) is 3.20. The third-order valence-corrected chi connectivity index (χ3v) is 5.33. The van der Waals surface area contributed by atoms with E-state index >= 15 is 0 Å². The summed E-state index contributed by atoms with van der Waals surface area (Å²) in [6.45, 7) is 3.75. The number of rotatable bonds is 4.